The number of ketones is 1. The van der Waals surface area contributed by atoms with Gasteiger partial charge in [-0.2, -0.15) is 0 Å². The minimum Gasteiger partial charge on any atom is -0.393 e. The fourth-order valence-electron chi connectivity index (χ4n) is 5.03. The number of rotatable bonds is 21. The van der Waals surface area contributed by atoms with Crippen molar-refractivity contribution >= 4 is 5.78 Å². The molecule has 0 aromatic rings. The van der Waals surface area contributed by atoms with E-state index in [-0.39, 0.29) is 6.10 Å². The number of aliphatic hydroxyl groups excluding tert-OH is 1. The molecule has 0 saturated heterocycles. The first-order chi connectivity index (χ1) is 14.7. The molecular formula is C28H54O2. The molecule has 1 saturated carbocycles. The van der Waals surface area contributed by atoms with Gasteiger partial charge in [-0.25, -0.2) is 0 Å². The molecule has 0 radical (unpaired) electrons. The summed E-state index contributed by atoms with van der Waals surface area (Å²) in [4.78, 5) is 12.1. The number of carbonyl (C=O) groups is 1. The molecule has 1 rings (SSSR count). The second-order valence-corrected chi connectivity index (χ2v) is 10.2. The van der Waals surface area contributed by atoms with Gasteiger partial charge in [0.1, 0.15) is 5.78 Å². The van der Waals surface area contributed by atoms with Crippen molar-refractivity contribution in [3.05, 3.63) is 0 Å². The van der Waals surface area contributed by atoms with E-state index in [4.69, 9.17) is 0 Å². The van der Waals surface area contributed by atoms with Crippen LogP contribution in [0.25, 0.3) is 0 Å². The van der Waals surface area contributed by atoms with Gasteiger partial charge >= 0.3 is 0 Å². The predicted molar refractivity (Wildman–Crippen MR) is 131 cm³/mol. The van der Waals surface area contributed by atoms with Crippen LogP contribution in [0.1, 0.15) is 161 Å². The fraction of sp³-hybridized carbons (Fsp3) is 0.964. The average Bonchev–Trinajstić information content (AvgIpc) is 2.76. The Morgan fingerprint density at radius 2 is 1.20 bits per heavy atom. The van der Waals surface area contributed by atoms with E-state index in [1.54, 1.807) is 0 Å². The van der Waals surface area contributed by atoms with Gasteiger partial charge in [0.15, 0.2) is 0 Å². The molecule has 0 spiro atoms. The third-order valence-corrected chi connectivity index (χ3v) is 7.19. The maximum Gasteiger partial charge on any atom is 0.132 e. The first-order valence-electron chi connectivity index (χ1n) is 13.9. The fourth-order valence-corrected chi connectivity index (χ4v) is 5.03. The lowest BCUT2D eigenvalue weighted by Gasteiger charge is -2.20. The summed E-state index contributed by atoms with van der Waals surface area (Å²) in [6.45, 7) is 2.23. The molecular weight excluding hydrogens is 368 g/mol. The lowest BCUT2D eigenvalue weighted by Crippen LogP contribution is -2.08. The Labute approximate surface area is 189 Å². The topological polar surface area (TPSA) is 37.3 Å². The molecule has 2 nitrogen and oxygen atoms in total. The van der Waals surface area contributed by atoms with E-state index < -0.39 is 0 Å². The van der Waals surface area contributed by atoms with E-state index in [0.717, 1.165) is 44.4 Å². The van der Waals surface area contributed by atoms with Crippen LogP contribution in [0.15, 0.2) is 0 Å². The molecule has 178 valence electrons. The number of hydrogen-bond acceptors (Lipinski definition) is 2. The number of unbranched alkanes of at least 4 members (excludes halogenated alkanes) is 12. The lowest BCUT2D eigenvalue weighted by atomic mass is 9.85. The van der Waals surface area contributed by atoms with E-state index >= 15 is 0 Å². The first kappa shape index (κ1) is 27.7. The molecule has 1 aliphatic carbocycles. The highest BCUT2D eigenvalue weighted by Gasteiger charge is 2.14. The minimum atomic E-state index is -0.0546. The highest BCUT2D eigenvalue weighted by Crippen LogP contribution is 2.27. The normalized spacial score (nSPS) is 16.1. The van der Waals surface area contributed by atoms with Crippen LogP contribution in [0.4, 0.5) is 0 Å². The minimum absolute atomic E-state index is 0.0546. The maximum absolute atomic E-state index is 12.1. The zero-order valence-corrected chi connectivity index (χ0v) is 20.5. The third kappa shape index (κ3) is 17.3. The zero-order valence-electron chi connectivity index (χ0n) is 20.5. The second-order valence-electron chi connectivity index (χ2n) is 10.2. The number of hydrogen-bond donors (Lipinski definition) is 1. The van der Waals surface area contributed by atoms with E-state index in [1.165, 1.54) is 116 Å². The van der Waals surface area contributed by atoms with Gasteiger partial charge in [-0.1, -0.05) is 122 Å². The Balaban J connectivity index is 1.75. The molecule has 0 bridgehead atoms. The smallest absolute Gasteiger partial charge is 0.132 e. The molecule has 1 N–H and O–H groups in total. The first-order valence-corrected chi connectivity index (χ1v) is 13.9. The average molecular weight is 423 g/mol. The molecule has 1 fully saturated rings. The molecule has 0 aromatic carbocycles. The van der Waals surface area contributed by atoms with Gasteiger partial charge in [0.25, 0.3) is 0 Å². The molecule has 0 amide bonds. The van der Waals surface area contributed by atoms with Gasteiger partial charge in [-0.3, -0.25) is 4.79 Å². The third-order valence-electron chi connectivity index (χ3n) is 7.19. The Kier molecular flexibility index (Phi) is 18.9. The van der Waals surface area contributed by atoms with Crippen molar-refractivity contribution in [3.63, 3.8) is 0 Å². The van der Waals surface area contributed by atoms with Crippen molar-refractivity contribution in [1.29, 1.82) is 0 Å². The van der Waals surface area contributed by atoms with Crippen molar-refractivity contribution in [3.8, 4) is 0 Å². The van der Waals surface area contributed by atoms with E-state index in [9.17, 15) is 9.90 Å². The molecule has 1 aliphatic rings. The molecule has 1 atom stereocenters. The van der Waals surface area contributed by atoms with Crippen molar-refractivity contribution in [2.75, 3.05) is 0 Å². The molecule has 0 heterocycles. The highest BCUT2D eigenvalue weighted by atomic mass is 16.3. The Morgan fingerprint density at radius 1 is 0.700 bits per heavy atom. The summed E-state index contributed by atoms with van der Waals surface area (Å²) in [7, 11) is 0. The van der Waals surface area contributed by atoms with Crippen molar-refractivity contribution < 1.29 is 9.90 Å². The van der Waals surface area contributed by atoms with Gasteiger partial charge < -0.3 is 5.11 Å². The van der Waals surface area contributed by atoms with E-state index in [1.807, 2.05) is 0 Å². The summed E-state index contributed by atoms with van der Waals surface area (Å²) in [6.07, 6.45) is 29.7. The van der Waals surface area contributed by atoms with Gasteiger partial charge in [0.05, 0.1) is 6.10 Å². The van der Waals surface area contributed by atoms with Gasteiger partial charge in [0.2, 0.25) is 0 Å². The second kappa shape index (κ2) is 20.5. The molecule has 30 heavy (non-hydrogen) atoms. The maximum atomic E-state index is 12.1. The van der Waals surface area contributed by atoms with Gasteiger partial charge in [-0.05, 0) is 31.6 Å². The SMILES string of the molecule is CCCCCC[C@H](O)CCCCCCCCCCCCC(=O)CCC1CCCCC1. The predicted octanol–water partition coefficient (Wildman–Crippen LogP) is 8.93. The van der Waals surface area contributed by atoms with Crippen LogP contribution in [0.2, 0.25) is 0 Å². The van der Waals surface area contributed by atoms with Crippen LogP contribution < -0.4 is 0 Å². The van der Waals surface area contributed by atoms with Crippen LogP contribution in [0, 0.1) is 5.92 Å². The number of carbonyl (C=O) groups excluding carboxylic acids is 1. The van der Waals surface area contributed by atoms with Crippen LogP contribution in [-0.2, 0) is 4.79 Å². The summed E-state index contributed by atoms with van der Waals surface area (Å²) >= 11 is 0. The quantitative estimate of drug-likeness (QED) is 0.187. The van der Waals surface area contributed by atoms with Crippen LogP contribution >= 0.6 is 0 Å². The summed E-state index contributed by atoms with van der Waals surface area (Å²) < 4.78 is 0. The Hall–Kier alpha value is -0.370. The zero-order chi connectivity index (χ0) is 21.7. The monoisotopic (exact) mass is 422 g/mol. The van der Waals surface area contributed by atoms with Crippen molar-refractivity contribution in [2.45, 2.75) is 167 Å². The summed E-state index contributed by atoms with van der Waals surface area (Å²) in [6, 6.07) is 0. The van der Waals surface area contributed by atoms with Gasteiger partial charge in [-0.15, -0.1) is 0 Å². The standard InChI is InChI=1S/C28H54O2/c1-2-3-4-16-21-27(29)22-17-11-9-7-5-6-8-10-12-18-23-28(30)25-24-26-19-14-13-15-20-26/h26-27,29H,2-25H2,1H3/t27-/m0/s1. The van der Waals surface area contributed by atoms with Gasteiger partial charge in [0, 0.05) is 12.8 Å². The van der Waals surface area contributed by atoms with Crippen LogP contribution in [0.3, 0.4) is 0 Å². The molecule has 0 aliphatic heterocycles. The van der Waals surface area contributed by atoms with E-state index in [2.05, 4.69) is 6.92 Å². The largest absolute Gasteiger partial charge is 0.393 e. The van der Waals surface area contributed by atoms with Crippen molar-refractivity contribution in [1.82, 2.24) is 0 Å². The van der Waals surface area contributed by atoms with E-state index in [0.29, 0.717) is 5.78 Å². The summed E-state index contributed by atoms with van der Waals surface area (Å²) in [5, 5.41) is 9.99. The molecule has 2 heteroatoms. The Morgan fingerprint density at radius 3 is 1.77 bits per heavy atom. The highest BCUT2D eigenvalue weighted by molar-refractivity contribution is 5.78. The lowest BCUT2D eigenvalue weighted by molar-refractivity contribution is -0.119. The molecule has 0 unspecified atom stereocenters. The van der Waals surface area contributed by atoms with Crippen LogP contribution in [0.5, 0.6) is 0 Å². The Bertz CT molecular complexity index is 373. The number of Topliss-reactive ketones (excluding diaryl/α,β-unsaturated/α-hetero) is 1. The van der Waals surface area contributed by atoms with Crippen molar-refractivity contribution in [2.24, 2.45) is 5.92 Å². The summed E-state index contributed by atoms with van der Waals surface area (Å²) in [5.41, 5.74) is 0. The summed E-state index contributed by atoms with van der Waals surface area (Å²) in [5.74, 6) is 1.37. The number of aliphatic hydroxyl groups is 1. The van der Waals surface area contributed by atoms with Crippen LogP contribution in [-0.4, -0.2) is 17.0 Å². The molecule has 0 aromatic heterocycles.